The number of aromatic nitrogens is 2. The highest BCUT2D eigenvalue weighted by Gasteiger charge is 2.15. The van der Waals surface area contributed by atoms with E-state index in [1.165, 1.54) is 23.5 Å². The lowest BCUT2D eigenvalue weighted by molar-refractivity contribution is -0.384. The number of non-ortho nitro benzene ring substituents is 1. The van der Waals surface area contributed by atoms with Crippen molar-refractivity contribution < 1.29 is 4.92 Å². The highest BCUT2D eigenvalue weighted by atomic mass is 79.9. The number of rotatable bonds is 4. The molecule has 0 amide bonds. The van der Waals surface area contributed by atoms with Crippen LogP contribution in [0.4, 0.5) is 5.69 Å². The van der Waals surface area contributed by atoms with Gasteiger partial charge in [-0.3, -0.25) is 14.9 Å². The molecule has 0 saturated carbocycles. The smallest absolute Gasteiger partial charge is 0.270 e. The Labute approximate surface area is 137 Å². The minimum atomic E-state index is -0.450. The van der Waals surface area contributed by atoms with E-state index in [1.54, 1.807) is 12.1 Å². The van der Waals surface area contributed by atoms with E-state index >= 15 is 0 Å². The van der Waals surface area contributed by atoms with Crippen LogP contribution in [-0.4, -0.2) is 20.2 Å². The van der Waals surface area contributed by atoms with Gasteiger partial charge in [0.1, 0.15) is 10.7 Å². The van der Waals surface area contributed by atoms with Crippen LogP contribution in [0.5, 0.6) is 0 Å². The lowest BCUT2D eigenvalue weighted by atomic mass is 10.1. The summed E-state index contributed by atoms with van der Waals surface area (Å²) in [7, 11) is 0. The van der Waals surface area contributed by atoms with Crippen molar-refractivity contribution >= 4 is 43.2 Å². The topological polar surface area (TPSA) is 88.9 Å². The molecule has 0 saturated heterocycles. The van der Waals surface area contributed by atoms with Crippen LogP contribution in [0.3, 0.4) is 0 Å². The van der Waals surface area contributed by atoms with Gasteiger partial charge in [0, 0.05) is 34.8 Å². The number of halogens is 1. The molecule has 0 aliphatic heterocycles. The highest BCUT2D eigenvalue weighted by molar-refractivity contribution is 9.09. The van der Waals surface area contributed by atoms with Gasteiger partial charge in [-0.1, -0.05) is 28.1 Å². The molecule has 22 heavy (non-hydrogen) atoms. The molecule has 3 aromatic rings. The SMILES string of the molecule is O=c1[nH]c(CCBr)nc2scc(-c3cccc([N+](=O)[O-])c3)c12. The molecule has 0 aliphatic carbocycles. The van der Waals surface area contributed by atoms with E-state index in [9.17, 15) is 14.9 Å². The van der Waals surface area contributed by atoms with Gasteiger partial charge in [-0.05, 0) is 5.56 Å². The number of benzene rings is 1. The first-order valence-corrected chi connectivity index (χ1v) is 8.41. The molecule has 8 heteroatoms. The third-order valence-electron chi connectivity index (χ3n) is 3.19. The van der Waals surface area contributed by atoms with Crippen molar-refractivity contribution in [2.45, 2.75) is 6.42 Å². The maximum atomic E-state index is 12.3. The number of nitro groups is 1. The predicted molar refractivity (Wildman–Crippen MR) is 89.8 cm³/mol. The summed E-state index contributed by atoms with van der Waals surface area (Å²) >= 11 is 4.68. The van der Waals surface area contributed by atoms with Crippen molar-refractivity contribution in [2.24, 2.45) is 0 Å². The first kappa shape index (κ1) is 14.9. The van der Waals surface area contributed by atoms with E-state index in [-0.39, 0.29) is 11.2 Å². The Morgan fingerprint density at radius 1 is 1.41 bits per heavy atom. The molecule has 0 radical (unpaired) electrons. The summed E-state index contributed by atoms with van der Waals surface area (Å²) < 4.78 is 0. The summed E-state index contributed by atoms with van der Waals surface area (Å²) in [4.78, 5) is 30.6. The third kappa shape index (κ3) is 2.67. The molecule has 112 valence electrons. The number of fused-ring (bicyclic) bond motifs is 1. The van der Waals surface area contributed by atoms with Crippen molar-refractivity contribution in [2.75, 3.05) is 5.33 Å². The third-order valence-corrected chi connectivity index (χ3v) is 4.46. The van der Waals surface area contributed by atoms with Crippen LogP contribution in [0.2, 0.25) is 0 Å². The Hall–Kier alpha value is -2.06. The Bertz CT molecular complexity index is 919. The Kier molecular flexibility index (Phi) is 4.04. The minimum absolute atomic E-state index is 0.00264. The Morgan fingerprint density at radius 3 is 2.95 bits per heavy atom. The van der Waals surface area contributed by atoms with Crippen LogP contribution in [0.15, 0.2) is 34.4 Å². The molecule has 0 bridgehead atoms. The number of nitrogens with zero attached hydrogens (tertiary/aromatic N) is 2. The number of alkyl halides is 1. The van der Waals surface area contributed by atoms with Gasteiger partial charge in [0.15, 0.2) is 0 Å². The maximum absolute atomic E-state index is 12.3. The second-order valence-electron chi connectivity index (χ2n) is 4.59. The number of hydrogen-bond acceptors (Lipinski definition) is 5. The summed E-state index contributed by atoms with van der Waals surface area (Å²) in [5.74, 6) is 0.627. The molecule has 3 rings (SSSR count). The van der Waals surface area contributed by atoms with Crippen LogP contribution < -0.4 is 5.56 Å². The van der Waals surface area contributed by atoms with Gasteiger partial charge in [-0.2, -0.15) is 0 Å². The van der Waals surface area contributed by atoms with Gasteiger partial charge in [-0.15, -0.1) is 11.3 Å². The average Bonchev–Trinajstić information content (AvgIpc) is 2.92. The molecule has 0 spiro atoms. The fraction of sp³-hybridized carbons (Fsp3) is 0.143. The predicted octanol–water partition coefficient (Wildman–Crippen LogP) is 3.50. The second kappa shape index (κ2) is 5.98. The van der Waals surface area contributed by atoms with E-state index in [0.717, 1.165) is 0 Å². The van der Waals surface area contributed by atoms with Crippen LogP contribution >= 0.6 is 27.3 Å². The average molecular weight is 380 g/mol. The van der Waals surface area contributed by atoms with Crippen molar-refractivity contribution in [1.82, 2.24) is 9.97 Å². The maximum Gasteiger partial charge on any atom is 0.270 e. The van der Waals surface area contributed by atoms with Gasteiger partial charge in [0.25, 0.3) is 11.2 Å². The van der Waals surface area contributed by atoms with Gasteiger partial charge in [0.2, 0.25) is 0 Å². The van der Waals surface area contributed by atoms with Gasteiger partial charge in [-0.25, -0.2) is 4.98 Å². The fourth-order valence-corrected chi connectivity index (χ4v) is 3.54. The summed E-state index contributed by atoms with van der Waals surface area (Å²) in [6, 6.07) is 6.25. The summed E-state index contributed by atoms with van der Waals surface area (Å²) in [6.07, 6.45) is 0.634. The standard InChI is InChI=1S/C14H10BrN3O3S/c15-5-4-11-16-13(19)12-10(7-22-14(12)17-11)8-2-1-3-9(6-8)18(20)21/h1-3,6-7H,4-5H2,(H,16,17,19). The summed E-state index contributed by atoms with van der Waals surface area (Å²) in [5, 5.41) is 13.9. The van der Waals surface area contributed by atoms with E-state index in [4.69, 9.17) is 0 Å². The molecular weight excluding hydrogens is 370 g/mol. The van der Waals surface area contributed by atoms with Crippen molar-refractivity contribution in [3.63, 3.8) is 0 Å². The largest absolute Gasteiger partial charge is 0.310 e. The van der Waals surface area contributed by atoms with Crippen molar-refractivity contribution in [3.8, 4) is 11.1 Å². The normalized spacial score (nSPS) is 11.0. The molecule has 0 unspecified atom stereocenters. The summed E-state index contributed by atoms with van der Waals surface area (Å²) in [5.41, 5.74) is 1.09. The fourth-order valence-electron chi connectivity index (χ4n) is 2.20. The zero-order chi connectivity index (χ0) is 15.7. The number of nitro benzene ring substituents is 1. The zero-order valence-corrected chi connectivity index (χ0v) is 13.6. The molecule has 0 atom stereocenters. The van der Waals surface area contributed by atoms with Gasteiger partial charge < -0.3 is 4.98 Å². The van der Waals surface area contributed by atoms with Crippen LogP contribution in [0, 0.1) is 10.1 Å². The van der Waals surface area contributed by atoms with Crippen LogP contribution in [0.25, 0.3) is 21.3 Å². The number of nitrogens with one attached hydrogen (secondary N) is 1. The number of thiophene rings is 1. The van der Waals surface area contributed by atoms with E-state index in [0.29, 0.717) is 38.9 Å². The first-order valence-electron chi connectivity index (χ1n) is 6.41. The minimum Gasteiger partial charge on any atom is -0.310 e. The number of aryl methyl sites for hydroxylation is 1. The molecule has 6 nitrogen and oxygen atoms in total. The second-order valence-corrected chi connectivity index (χ2v) is 6.24. The van der Waals surface area contributed by atoms with Gasteiger partial charge in [0.05, 0.1) is 10.3 Å². The number of hydrogen-bond donors (Lipinski definition) is 1. The zero-order valence-electron chi connectivity index (χ0n) is 11.2. The van der Waals surface area contributed by atoms with E-state index < -0.39 is 4.92 Å². The molecule has 1 aromatic carbocycles. The lowest BCUT2D eigenvalue weighted by Gasteiger charge is -2.01. The lowest BCUT2D eigenvalue weighted by Crippen LogP contribution is -2.11. The molecule has 1 N–H and O–H groups in total. The highest BCUT2D eigenvalue weighted by Crippen LogP contribution is 2.32. The van der Waals surface area contributed by atoms with Crippen LogP contribution in [-0.2, 0) is 6.42 Å². The molecule has 0 fully saturated rings. The molecule has 0 aliphatic rings. The molecular formula is C14H10BrN3O3S. The van der Waals surface area contributed by atoms with Crippen molar-refractivity contribution in [1.29, 1.82) is 0 Å². The van der Waals surface area contributed by atoms with Gasteiger partial charge >= 0.3 is 0 Å². The summed E-state index contributed by atoms with van der Waals surface area (Å²) in [6.45, 7) is 0. The van der Waals surface area contributed by atoms with E-state index in [1.807, 2.05) is 5.38 Å². The monoisotopic (exact) mass is 379 g/mol. The Morgan fingerprint density at radius 2 is 2.23 bits per heavy atom. The number of aromatic amines is 1. The van der Waals surface area contributed by atoms with E-state index in [2.05, 4.69) is 25.9 Å². The van der Waals surface area contributed by atoms with Crippen molar-refractivity contribution in [3.05, 3.63) is 55.9 Å². The molecule has 2 aromatic heterocycles. The molecule has 2 heterocycles. The van der Waals surface area contributed by atoms with Crippen LogP contribution in [0.1, 0.15) is 5.82 Å². The Balaban J connectivity index is 2.18. The first-order chi connectivity index (χ1) is 10.6. The quantitative estimate of drug-likeness (QED) is 0.426. The number of H-pyrrole nitrogens is 1.